The average Bonchev–Trinajstić information content (AvgIpc) is 2.67. The number of nitrogens with zero attached hydrogens (tertiary/aromatic N) is 2. The molecule has 0 spiro atoms. The first-order chi connectivity index (χ1) is 13.4. The monoisotopic (exact) mass is 400 g/mol. The molecule has 2 amide bonds. The van der Waals surface area contributed by atoms with Crippen LogP contribution in [0.15, 0.2) is 46.9 Å². The number of benzene rings is 1. The molecule has 1 aromatic heterocycles. The number of ether oxygens (including phenoxy) is 1. The van der Waals surface area contributed by atoms with Crippen LogP contribution in [0, 0.1) is 0 Å². The van der Waals surface area contributed by atoms with Gasteiger partial charge in [-0.3, -0.25) is 14.4 Å². The third-order valence-electron chi connectivity index (χ3n) is 4.29. The van der Waals surface area contributed by atoms with E-state index in [1.54, 1.807) is 42.0 Å². The summed E-state index contributed by atoms with van der Waals surface area (Å²) in [4.78, 5) is 40.1. The lowest BCUT2D eigenvalue weighted by molar-refractivity contribution is -0.120. The van der Waals surface area contributed by atoms with Gasteiger partial charge in [0.05, 0.1) is 5.56 Å². The van der Waals surface area contributed by atoms with Gasteiger partial charge in [-0.15, -0.1) is 6.58 Å². The molecule has 8 nitrogen and oxygen atoms in total. The molecule has 9 heteroatoms. The number of nitrogens with two attached hydrogens (primary N) is 1. The summed E-state index contributed by atoms with van der Waals surface area (Å²) in [6.45, 7) is 3.45. The minimum absolute atomic E-state index is 0.143. The lowest BCUT2D eigenvalue weighted by atomic mass is 9.87. The molecule has 28 heavy (non-hydrogen) atoms. The molecule has 2 heterocycles. The van der Waals surface area contributed by atoms with Crippen molar-refractivity contribution < 1.29 is 14.3 Å². The van der Waals surface area contributed by atoms with Crippen molar-refractivity contribution in [2.24, 2.45) is 12.8 Å². The molecule has 2 aromatic rings. The van der Waals surface area contributed by atoms with E-state index in [0.717, 1.165) is 5.56 Å². The molecule has 0 bridgehead atoms. The molecule has 0 saturated heterocycles. The summed E-state index contributed by atoms with van der Waals surface area (Å²) in [6, 6.07) is 6.89. The second-order valence-electron chi connectivity index (χ2n) is 6.25. The van der Waals surface area contributed by atoms with Crippen LogP contribution in [-0.4, -0.2) is 33.7 Å². The highest BCUT2D eigenvalue weighted by Gasteiger charge is 2.32. The Labute approximate surface area is 165 Å². The number of aromatic nitrogens is 2. The Kier molecular flexibility index (Phi) is 5.84. The molecular formula is C19H20N4O4S. The molecule has 3 N–H and O–H groups in total. The number of amides is 2. The minimum atomic E-state index is -0.568. The fraction of sp³-hybridized carbons (Fsp3) is 0.263. The van der Waals surface area contributed by atoms with Gasteiger partial charge in [0.1, 0.15) is 11.6 Å². The maximum atomic E-state index is 12.7. The number of primary amides is 1. The summed E-state index contributed by atoms with van der Waals surface area (Å²) in [5, 5.41) is 3.31. The van der Waals surface area contributed by atoms with Crippen LogP contribution in [0.2, 0.25) is 0 Å². The van der Waals surface area contributed by atoms with Crippen molar-refractivity contribution in [3.8, 4) is 5.75 Å². The Bertz CT molecular complexity index is 985. The first kappa shape index (κ1) is 19.7. The molecule has 1 atom stereocenters. The Morgan fingerprint density at radius 3 is 2.79 bits per heavy atom. The van der Waals surface area contributed by atoms with Crippen LogP contribution in [0.3, 0.4) is 0 Å². The van der Waals surface area contributed by atoms with Crippen LogP contribution in [0.5, 0.6) is 5.75 Å². The summed E-state index contributed by atoms with van der Waals surface area (Å²) >= 11 is 1.37. The van der Waals surface area contributed by atoms with E-state index in [1.807, 2.05) is 0 Å². The Hall–Kier alpha value is -3.07. The van der Waals surface area contributed by atoms with E-state index in [1.165, 1.54) is 11.8 Å². The van der Waals surface area contributed by atoms with Crippen molar-refractivity contribution >= 4 is 29.4 Å². The Balaban J connectivity index is 1.98. The van der Waals surface area contributed by atoms with Crippen molar-refractivity contribution in [1.82, 2.24) is 9.55 Å². The van der Waals surface area contributed by atoms with E-state index >= 15 is 0 Å². The lowest BCUT2D eigenvalue weighted by Crippen LogP contribution is -2.33. The number of carbonyl (C=O) groups excluding carboxylic acids is 2. The van der Waals surface area contributed by atoms with Crippen LogP contribution in [0.4, 0.5) is 5.82 Å². The molecule has 1 aliphatic heterocycles. The van der Waals surface area contributed by atoms with Crippen LogP contribution in [0.1, 0.15) is 23.5 Å². The van der Waals surface area contributed by atoms with Crippen LogP contribution >= 0.6 is 11.8 Å². The van der Waals surface area contributed by atoms with Gasteiger partial charge in [-0.1, -0.05) is 30.0 Å². The molecule has 0 saturated carbocycles. The van der Waals surface area contributed by atoms with Crippen LogP contribution < -0.4 is 21.3 Å². The summed E-state index contributed by atoms with van der Waals surface area (Å²) in [5.41, 5.74) is 5.95. The highest BCUT2D eigenvalue weighted by molar-refractivity contribution is 7.99. The van der Waals surface area contributed by atoms with Gasteiger partial charge >= 0.3 is 0 Å². The molecular weight excluding hydrogens is 380 g/mol. The largest absolute Gasteiger partial charge is 0.484 e. The predicted octanol–water partition coefficient (Wildman–Crippen LogP) is 1.40. The zero-order valence-corrected chi connectivity index (χ0v) is 16.1. The van der Waals surface area contributed by atoms with Gasteiger partial charge in [-0.05, 0) is 17.7 Å². The zero-order valence-electron chi connectivity index (χ0n) is 15.3. The highest BCUT2D eigenvalue weighted by Crippen LogP contribution is 2.36. The minimum Gasteiger partial charge on any atom is -0.484 e. The number of anilines is 1. The van der Waals surface area contributed by atoms with Crippen molar-refractivity contribution in [3.05, 3.63) is 58.4 Å². The van der Waals surface area contributed by atoms with Crippen molar-refractivity contribution in [2.45, 2.75) is 17.5 Å². The Morgan fingerprint density at radius 2 is 2.14 bits per heavy atom. The maximum absolute atomic E-state index is 12.7. The first-order valence-electron chi connectivity index (χ1n) is 8.56. The van der Waals surface area contributed by atoms with Crippen molar-refractivity contribution in [2.75, 3.05) is 17.7 Å². The summed E-state index contributed by atoms with van der Waals surface area (Å²) in [7, 11) is 1.76. The SMILES string of the molecule is C=CCSc1nc(=O)c2c(n1C)NC(=O)CC2c1ccc(OCC(N)=O)cc1. The molecule has 1 aliphatic rings. The number of carbonyl (C=O) groups is 2. The van der Waals surface area contributed by atoms with Gasteiger partial charge in [0.15, 0.2) is 11.8 Å². The average molecular weight is 400 g/mol. The second-order valence-corrected chi connectivity index (χ2v) is 7.24. The molecule has 0 fully saturated rings. The predicted molar refractivity (Wildman–Crippen MR) is 107 cm³/mol. The van der Waals surface area contributed by atoms with E-state index in [-0.39, 0.29) is 24.5 Å². The smallest absolute Gasteiger partial charge is 0.279 e. The van der Waals surface area contributed by atoms with Crippen molar-refractivity contribution in [1.29, 1.82) is 0 Å². The van der Waals surface area contributed by atoms with Gasteiger partial charge in [0, 0.05) is 25.1 Å². The van der Waals surface area contributed by atoms with Gasteiger partial charge in [-0.2, -0.15) is 4.98 Å². The number of nitrogens with one attached hydrogen (secondary N) is 1. The van der Waals surface area contributed by atoms with Gasteiger partial charge in [0.25, 0.3) is 11.5 Å². The third-order valence-corrected chi connectivity index (χ3v) is 5.32. The van der Waals surface area contributed by atoms with E-state index in [4.69, 9.17) is 10.5 Å². The molecule has 146 valence electrons. The zero-order chi connectivity index (χ0) is 20.3. The fourth-order valence-electron chi connectivity index (χ4n) is 3.03. The van der Waals surface area contributed by atoms with Crippen LogP contribution in [-0.2, 0) is 16.6 Å². The number of thioether (sulfide) groups is 1. The number of rotatable bonds is 7. The van der Waals surface area contributed by atoms with Gasteiger partial charge in [-0.25, -0.2) is 0 Å². The molecule has 3 rings (SSSR count). The van der Waals surface area contributed by atoms with E-state index < -0.39 is 11.8 Å². The normalized spacial score (nSPS) is 15.5. The maximum Gasteiger partial charge on any atom is 0.279 e. The lowest BCUT2D eigenvalue weighted by Gasteiger charge is -2.27. The topological polar surface area (TPSA) is 116 Å². The highest BCUT2D eigenvalue weighted by atomic mass is 32.2. The standard InChI is InChI=1S/C19H20N4O4S/c1-3-8-28-19-22-18(26)16-13(9-15(25)21-17(16)23(19)2)11-4-6-12(7-5-11)27-10-14(20)24/h3-7,13H,1,8-10H2,2H3,(H2,20,24)(H,21,25). The molecule has 0 aliphatic carbocycles. The molecule has 0 radical (unpaired) electrons. The summed E-state index contributed by atoms with van der Waals surface area (Å²) in [6.07, 6.45) is 1.87. The van der Waals surface area contributed by atoms with E-state index in [2.05, 4.69) is 16.9 Å². The number of hydrogen-bond donors (Lipinski definition) is 2. The molecule has 1 aromatic carbocycles. The Morgan fingerprint density at radius 1 is 1.43 bits per heavy atom. The number of hydrogen-bond acceptors (Lipinski definition) is 6. The van der Waals surface area contributed by atoms with E-state index in [9.17, 15) is 14.4 Å². The second kappa shape index (κ2) is 8.30. The quantitative estimate of drug-likeness (QED) is 0.412. The first-order valence-corrected chi connectivity index (χ1v) is 9.54. The third kappa shape index (κ3) is 4.09. The fourth-order valence-corrected chi connectivity index (χ4v) is 3.73. The van der Waals surface area contributed by atoms with E-state index in [0.29, 0.717) is 28.0 Å². The van der Waals surface area contributed by atoms with Gasteiger partial charge in [0.2, 0.25) is 5.91 Å². The summed E-state index contributed by atoms with van der Waals surface area (Å²) in [5.74, 6) is 0.378. The molecule has 1 unspecified atom stereocenters. The van der Waals surface area contributed by atoms with Crippen LogP contribution in [0.25, 0.3) is 0 Å². The summed E-state index contributed by atoms with van der Waals surface area (Å²) < 4.78 is 6.98. The van der Waals surface area contributed by atoms with Gasteiger partial charge < -0.3 is 20.4 Å². The number of fused-ring (bicyclic) bond motifs is 1. The van der Waals surface area contributed by atoms with Crippen molar-refractivity contribution in [3.63, 3.8) is 0 Å².